The number of fused-ring (bicyclic) bond motifs is 1. The molecule has 37 heavy (non-hydrogen) atoms. The SMILES string of the molecule is COCCCc1cc(NC(=O)N2CCCc3cc(CN(C=O)[C@H]4CCOC4)c(C=O)nc32)ncc1C#N. The fraction of sp³-hybridized carbons (Fsp3) is 0.462. The van der Waals surface area contributed by atoms with Gasteiger partial charge in [0, 0.05) is 45.2 Å². The molecular weight excluding hydrogens is 476 g/mol. The first-order valence-electron chi connectivity index (χ1n) is 12.3. The summed E-state index contributed by atoms with van der Waals surface area (Å²) < 4.78 is 10.5. The summed E-state index contributed by atoms with van der Waals surface area (Å²) in [4.78, 5) is 48.7. The molecule has 2 aliphatic rings. The van der Waals surface area contributed by atoms with Crippen LogP contribution in [0.2, 0.25) is 0 Å². The third kappa shape index (κ3) is 6.10. The number of ether oxygens (including phenoxy) is 2. The van der Waals surface area contributed by atoms with Crippen LogP contribution in [0.5, 0.6) is 0 Å². The number of methoxy groups -OCH3 is 1. The summed E-state index contributed by atoms with van der Waals surface area (Å²) in [5.41, 5.74) is 2.91. The highest BCUT2D eigenvalue weighted by molar-refractivity contribution is 6.01. The van der Waals surface area contributed by atoms with Crippen LogP contribution in [0.15, 0.2) is 18.3 Å². The molecule has 2 aliphatic heterocycles. The number of aryl methyl sites for hydroxylation is 2. The predicted octanol–water partition coefficient (Wildman–Crippen LogP) is 2.47. The normalized spacial score (nSPS) is 16.5. The number of nitrogens with zero attached hydrogens (tertiary/aromatic N) is 5. The molecule has 2 aromatic rings. The molecule has 11 nitrogen and oxygen atoms in total. The maximum atomic E-state index is 13.2. The minimum absolute atomic E-state index is 0.0328. The van der Waals surface area contributed by atoms with Crippen molar-refractivity contribution in [1.82, 2.24) is 14.9 Å². The zero-order chi connectivity index (χ0) is 26.2. The molecule has 4 rings (SSSR count). The molecule has 1 atom stereocenters. The Morgan fingerprint density at radius 3 is 2.95 bits per heavy atom. The number of rotatable bonds is 10. The van der Waals surface area contributed by atoms with Gasteiger partial charge in [-0.1, -0.05) is 0 Å². The molecule has 0 spiro atoms. The summed E-state index contributed by atoms with van der Waals surface area (Å²) in [5, 5.41) is 12.2. The smallest absolute Gasteiger partial charge is 0.328 e. The van der Waals surface area contributed by atoms with Crippen molar-refractivity contribution in [1.29, 1.82) is 5.26 Å². The highest BCUT2D eigenvalue weighted by Gasteiger charge is 2.28. The average Bonchev–Trinajstić information content (AvgIpc) is 3.46. The summed E-state index contributed by atoms with van der Waals surface area (Å²) in [7, 11) is 1.62. The molecule has 1 saturated heterocycles. The number of hydrogen-bond acceptors (Lipinski definition) is 8. The molecule has 0 radical (unpaired) electrons. The molecule has 1 fully saturated rings. The van der Waals surface area contributed by atoms with Crippen LogP contribution < -0.4 is 10.2 Å². The van der Waals surface area contributed by atoms with Crippen LogP contribution in [-0.2, 0) is 33.7 Å². The van der Waals surface area contributed by atoms with E-state index in [9.17, 15) is 19.6 Å². The molecule has 0 aromatic carbocycles. The number of carbonyl (C=O) groups excluding carboxylic acids is 3. The Morgan fingerprint density at radius 1 is 1.38 bits per heavy atom. The Labute approximate surface area is 215 Å². The van der Waals surface area contributed by atoms with E-state index in [2.05, 4.69) is 21.4 Å². The standard InChI is InChI=1S/C26H30N6O5/c1-36-8-3-5-18-11-24(28-13-21(18)12-27)30-26(35)32-7-2-4-19-10-20(23(15-33)29-25(19)32)14-31(17-34)22-6-9-37-16-22/h10-11,13,15,17,22H,2-9,14,16H2,1H3,(H,28,30,35)/t22-/m0/s1. The third-order valence-electron chi connectivity index (χ3n) is 6.63. The fourth-order valence-corrected chi connectivity index (χ4v) is 4.67. The van der Waals surface area contributed by atoms with Crippen molar-refractivity contribution in [2.45, 2.75) is 44.7 Å². The topological polar surface area (TPSA) is 138 Å². The van der Waals surface area contributed by atoms with Crippen LogP contribution in [0.1, 0.15) is 52.0 Å². The number of urea groups is 1. The van der Waals surface area contributed by atoms with E-state index in [0.29, 0.717) is 68.3 Å². The molecule has 0 saturated carbocycles. The van der Waals surface area contributed by atoms with Crippen molar-refractivity contribution in [2.24, 2.45) is 0 Å². The molecule has 1 N–H and O–H groups in total. The number of aldehydes is 1. The van der Waals surface area contributed by atoms with Crippen LogP contribution in [0.3, 0.4) is 0 Å². The van der Waals surface area contributed by atoms with Gasteiger partial charge in [0.1, 0.15) is 23.4 Å². The quantitative estimate of drug-likeness (QED) is 0.383. The molecular formula is C26H30N6O5. The van der Waals surface area contributed by atoms with E-state index < -0.39 is 6.03 Å². The van der Waals surface area contributed by atoms with Gasteiger partial charge in [-0.25, -0.2) is 14.8 Å². The lowest BCUT2D eigenvalue weighted by atomic mass is 10.0. The number of hydrogen-bond donors (Lipinski definition) is 1. The van der Waals surface area contributed by atoms with Gasteiger partial charge >= 0.3 is 6.03 Å². The van der Waals surface area contributed by atoms with Crippen molar-refractivity contribution in [3.63, 3.8) is 0 Å². The van der Waals surface area contributed by atoms with E-state index in [0.717, 1.165) is 36.8 Å². The van der Waals surface area contributed by atoms with Crippen LogP contribution >= 0.6 is 0 Å². The summed E-state index contributed by atoms with van der Waals surface area (Å²) in [6.07, 6.45) is 6.41. The van der Waals surface area contributed by atoms with Crippen molar-refractivity contribution >= 4 is 30.4 Å². The molecule has 4 heterocycles. The molecule has 3 amide bonds. The Kier molecular flexibility index (Phi) is 8.77. The monoisotopic (exact) mass is 506 g/mol. The summed E-state index contributed by atoms with van der Waals surface area (Å²) in [6, 6.07) is 5.24. The van der Waals surface area contributed by atoms with E-state index in [4.69, 9.17) is 9.47 Å². The summed E-state index contributed by atoms with van der Waals surface area (Å²) >= 11 is 0. The van der Waals surface area contributed by atoms with Gasteiger partial charge < -0.3 is 14.4 Å². The van der Waals surface area contributed by atoms with Crippen molar-refractivity contribution in [3.05, 3.63) is 46.3 Å². The summed E-state index contributed by atoms with van der Waals surface area (Å²) in [6.45, 7) is 2.31. The molecule has 0 aliphatic carbocycles. The van der Waals surface area contributed by atoms with Gasteiger partial charge in [-0.05, 0) is 55.4 Å². The minimum Gasteiger partial charge on any atom is -0.385 e. The second-order valence-corrected chi connectivity index (χ2v) is 9.05. The van der Waals surface area contributed by atoms with Crippen molar-refractivity contribution in [2.75, 3.05) is 43.7 Å². The third-order valence-corrected chi connectivity index (χ3v) is 6.63. The van der Waals surface area contributed by atoms with Crippen LogP contribution in [0.25, 0.3) is 0 Å². The molecule has 0 bridgehead atoms. The Bertz CT molecular complexity index is 1190. The predicted molar refractivity (Wildman–Crippen MR) is 134 cm³/mol. The number of pyridine rings is 2. The van der Waals surface area contributed by atoms with Gasteiger partial charge in [-0.15, -0.1) is 0 Å². The van der Waals surface area contributed by atoms with Gasteiger partial charge in [-0.2, -0.15) is 5.26 Å². The Balaban J connectivity index is 1.54. The highest BCUT2D eigenvalue weighted by Crippen LogP contribution is 2.29. The van der Waals surface area contributed by atoms with Gasteiger partial charge in [0.05, 0.1) is 18.2 Å². The first kappa shape index (κ1) is 26.2. The summed E-state index contributed by atoms with van der Waals surface area (Å²) in [5.74, 6) is 0.751. The van der Waals surface area contributed by atoms with E-state index in [-0.39, 0.29) is 18.3 Å². The van der Waals surface area contributed by atoms with Crippen LogP contribution in [-0.4, -0.2) is 73.1 Å². The largest absolute Gasteiger partial charge is 0.385 e. The fourth-order valence-electron chi connectivity index (χ4n) is 4.67. The number of nitriles is 1. The molecule has 11 heteroatoms. The highest BCUT2D eigenvalue weighted by atomic mass is 16.5. The molecule has 194 valence electrons. The number of anilines is 2. The van der Waals surface area contributed by atoms with Crippen molar-refractivity contribution in [3.8, 4) is 6.07 Å². The Morgan fingerprint density at radius 2 is 2.24 bits per heavy atom. The second kappa shape index (κ2) is 12.4. The molecule has 2 aromatic heterocycles. The van der Waals surface area contributed by atoms with Gasteiger partial charge in [-0.3, -0.25) is 19.8 Å². The Hall–Kier alpha value is -3.88. The first-order valence-corrected chi connectivity index (χ1v) is 12.3. The maximum Gasteiger partial charge on any atom is 0.328 e. The van der Waals surface area contributed by atoms with Crippen molar-refractivity contribution < 1.29 is 23.9 Å². The first-order chi connectivity index (χ1) is 18.1. The maximum absolute atomic E-state index is 13.2. The van der Waals surface area contributed by atoms with Crippen LogP contribution in [0, 0.1) is 11.3 Å². The number of amides is 3. The lowest BCUT2D eigenvalue weighted by molar-refractivity contribution is -0.120. The van der Waals surface area contributed by atoms with Gasteiger partial charge in [0.15, 0.2) is 6.29 Å². The lowest BCUT2D eigenvalue weighted by Gasteiger charge is -2.30. The number of carbonyl (C=O) groups is 3. The average molecular weight is 507 g/mol. The zero-order valence-electron chi connectivity index (χ0n) is 20.8. The van der Waals surface area contributed by atoms with E-state index in [1.807, 2.05) is 6.07 Å². The number of nitrogens with one attached hydrogen (secondary N) is 1. The number of aromatic nitrogens is 2. The van der Waals surface area contributed by atoms with Gasteiger partial charge in [0.25, 0.3) is 0 Å². The van der Waals surface area contributed by atoms with E-state index in [1.54, 1.807) is 18.1 Å². The van der Waals surface area contributed by atoms with E-state index >= 15 is 0 Å². The molecule has 0 unspecified atom stereocenters. The zero-order valence-corrected chi connectivity index (χ0v) is 20.8. The van der Waals surface area contributed by atoms with Gasteiger partial charge in [0.2, 0.25) is 6.41 Å². The van der Waals surface area contributed by atoms with E-state index in [1.165, 1.54) is 11.1 Å². The second-order valence-electron chi connectivity index (χ2n) is 9.05. The lowest BCUT2D eigenvalue weighted by Crippen LogP contribution is -2.40. The minimum atomic E-state index is -0.421. The van der Waals surface area contributed by atoms with Crippen LogP contribution in [0.4, 0.5) is 16.4 Å².